The second kappa shape index (κ2) is 4.90. The van der Waals surface area contributed by atoms with Crippen molar-refractivity contribution in [3.05, 3.63) is 53.1 Å². The van der Waals surface area contributed by atoms with Gasteiger partial charge in [0, 0.05) is 10.8 Å². The summed E-state index contributed by atoms with van der Waals surface area (Å²) < 4.78 is 0. The number of nitrogens with zero attached hydrogens (tertiary/aromatic N) is 2. The number of para-hydroxylation sites is 1. The van der Waals surface area contributed by atoms with Crippen LogP contribution in [0, 0.1) is 0 Å². The van der Waals surface area contributed by atoms with Crippen LogP contribution in [0.25, 0.3) is 41.3 Å². The summed E-state index contributed by atoms with van der Waals surface area (Å²) >= 11 is 0. The molecular weight excluding hydrogens is 260 g/mol. The van der Waals surface area contributed by atoms with Crippen molar-refractivity contribution in [3.8, 4) is 11.5 Å². The van der Waals surface area contributed by atoms with Gasteiger partial charge in [-0.15, -0.1) is 0 Å². The van der Waals surface area contributed by atoms with Crippen molar-refractivity contribution in [2.45, 2.75) is 6.92 Å². The number of benzene rings is 1. The van der Waals surface area contributed by atoms with Crippen LogP contribution in [0.2, 0.25) is 0 Å². The number of fused-ring (bicyclic) bond motifs is 1. The number of aromatic amines is 2. The van der Waals surface area contributed by atoms with Crippen LogP contribution >= 0.6 is 0 Å². The summed E-state index contributed by atoms with van der Waals surface area (Å²) in [5, 5.41) is 8.50. The van der Waals surface area contributed by atoms with Crippen LogP contribution in [0.15, 0.2) is 36.9 Å². The number of nitrogens with one attached hydrogen (secondary N) is 2. The fourth-order valence-corrected chi connectivity index (χ4v) is 2.36. The molecule has 2 N–H and O–H groups in total. The Balaban J connectivity index is 2.28. The molecule has 104 valence electrons. The molecule has 0 fully saturated rings. The lowest BCUT2D eigenvalue weighted by atomic mass is 10.0. The quantitative estimate of drug-likeness (QED) is 0.722. The van der Waals surface area contributed by atoms with Gasteiger partial charge in [0.15, 0.2) is 5.82 Å². The fraction of sp³-hybridized carbons (Fsp3) is 0.0588. The average Bonchev–Trinajstić information content (AvgIpc) is 3.05. The lowest BCUT2D eigenvalue weighted by Crippen LogP contribution is -2.19. The largest absolute Gasteiger partial charge is 0.337 e. The fourth-order valence-electron chi connectivity index (χ4n) is 2.36. The number of hydrogen-bond acceptors (Lipinski definition) is 2. The molecule has 0 aliphatic heterocycles. The van der Waals surface area contributed by atoms with Gasteiger partial charge in [0.05, 0.1) is 16.4 Å². The Labute approximate surface area is 122 Å². The first-order chi connectivity index (χ1) is 10.2. The second-order valence-electron chi connectivity index (χ2n) is 4.76. The number of allylic oxidation sites excluding steroid dienone is 3. The van der Waals surface area contributed by atoms with Gasteiger partial charge in [0.25, 0.3) is 0 Å². The van der Waals surface area contributed by atoms with Gasteiger partial charge >= 0.3 is 0 Å². The first kappa shape index (κ1) is 13.1. The molecule has 3 rings (SSSR count). The van der Waals surface area contributed by atoms with Crippen molar-refractivity contribution >= 4 is 29.8 Å². The number of aromatic nitrogens is 4. The SMILES string of the molecule is C=CC(=CC)c1cccc2[nH]c(-c3n[nH]c(=C)c3=C)nc12. The maximum atomic E-state index is 4.68. The van der Waals surface area contributed by atoms with Crippen LogP contribution in [0.3, 0.4) is 0 Å². The highest BCUT2D eigenvalue weighted by molar-refractivity contribution is 5.93. The monoisotopic (exact) mass is 276 g/mol. The molecule has 4 nitrogen and oxygen atoms in total. The first-order valence-corrected chi connectivity index (χ1v) is 6.66. The van der Waals surface area contributed by atoms with Crippen LogP contribution in [0.1, 0.15) is 12.5 Å². The predicted octanol–water partition coefficient (Wildman–Crippen LogP) is 2.36. The molecule has 21 heavy (non-hydrogen) atoms. The molecule has 0 aliphatic rings. The van der Waals surface area contributed by atoms with Crippen LogP contribution < -0.4 is 10.6 Å². The van der Waals surface area contributed by atoms with E-state index in [1.807, 2.05) is 37.3 Å². The third-order valence-corrected chi connectivity index (χ3v) is 3.53. The molecule has 4 heteroatoms. The molecule has 0 bridgehead atoms. The maximum absolute atomic E-state index is 4.68. The Morgan fingerprint density at radius 1 is 1.29 bits per heavy atom. The second-order valence-corrected chi connectivity index (χ2v) is 4.76. The first-order valence-electron chi connectivity index (χ1n) is 6.66. The summed E-state index contributed by atoms with van der Waals surface area (Å²) in [6.45, 7) is 13.7. The van der Waals surface area contributed by atoms with Gasteiger partial charge in [-0.1, -0.05) is 44.0 Å². The smallest absolute Gasteiger partial charge is 0.159 e. The Morgan fingerprint density at radius 2 is 2.10 bits per heavy atom. The van der Waals surface area contributed by atoms with E-state index in [2.05, 4.69) is 39.9 Å². The van der Waals surface area contributed by atoms with Gasteiger partial charge in [0.1, 0.15) is 5.69 Å². The lowest BCUT2D eigenvalue weighted by Gasteiger charge is -2.01. The minimum Gasteiger partial charge on any atom is -0.337 e. The van der Waals surface area contributed by atoms with Gasteiger partial charge in [-0.25, -0.2) is 4.98 Å². The molecule has 0 saturated carbocycles. The van der Waals surface area contributed by atoms with E-state index in [9.17, 15) is 0 Å². The van der Waals surface area contributed by atoms with E-state index < -0.39 is 0 Å². The molecule has 2 aromatic heterocycles. The average molecular weight is 276 g/mol. The van der Waals surface area contributed by atoms with Crippen molar-refractivity contribution < 1.29 is 0 Å². The maximum Gasteiger partial charge on any atom is 0.159 e. The number of hydrogen-bond donors (Lipinski definition) is 2. The van der Waals surface area contributed by atoms with E-state index >= 15 is 0 Å². The molecule has 0 unspecified atom stereocenters. The minimum absolute atomic E-state index is 0.688. The van der Waals surface area contributed by atoms with Crippen molar-refractivity contribution in [3.63, 3.8) is 0 Å². The molecule has 3 aromatic rings. The standard InChI is InChI=1S/C17H16N4/c1-5-12(6-2)13-8-7-9-14-16(13)19-17(18-14)15-10(3)11(4)20-21-15/h5-9,20H,1,3-4H2,2H3,(H,18,19). The van der Waals surface area contributed by atoms with E-state index in [1.54, 1.807) is 0 Å². The van der Waals surface area contributed by atoms with Gasteiger partial charge in [-0.3, -0.25) is 5.10 Å². The molecule has 2 heterocycles. The van der Waals surface area contributed by atoms with E-state index in [-0.39, 0.29) is 0 Å². The predicted molar refractivity (Wildman–Crippen MR) is 87.8 cm³/mol. The highest BCUT2D eigenvalue weighted by atomic mass is 15.1. The van der Waals surface area contributed by atoms with E-state index in [0.29, 0.717) is 16.9 Å². The lowest BCUT2D eigenvalue weighted by molar-refractivity contribution is 1.06. The third kappa shape index (κ3) is 2.01. The highest BCUT2D eigenvalue weighted by Crippen LogP contribution is 2.25. The Hall–Kier alpha value is -2.88. The minimum atomic E-state index is 0.688. The van der Waals surface area contributed by atoms with Gasteiger partial charge in [-0.05, 0) is 18.6 Å². The van der Waals surface area contributed by atoms with Crippen molar-refractivity contribution in [2.75, 3.05) is 0 Å². The molecular formula is C17H16N4. The van der Waals surface area contributed by atoms with Crippen molar-refractivity contribution in [1.29, 1.82) is 0 Å². The summed E-state index contributed by atoms with van der Waals surface area (Å²) in [7, 11) is 0. The van der Waals surface area contributed by atoms with Crippen molar-refractivity contribution in [2.24, 2.45) is 0 Å². The number of imidazole rings is 1. The molecule has 0 aliphatic carbocycles. The molecule has 0 saturated heterocycles. The summed E-state index contributed by atoms with van der Waals surface area (Å²) in [5.41, 5.74) is 4.64. The Kier molecular flexibility index (Phi) is 3.06. The van der Waals surface area contributed by atoms with Gasteiger partial charge in [0.2, 0.25) is 0 Å². The summed E-state index contributed by atoms with van der Waals surface area (Å²) in [5.74, 6) is 0.688. The van der Waals surface area contributed by atoms with Gasteiger partial charge in [-0.2, -0.15) is 5.10 Å². The van der Waals surface area contributed by atoms with E-state index in [4.69, 9.17) is 0 Å². The molecule has 0 amide bonds. The Bertz CT molecular complexity index is 956. The Morgan fingerprint density at radius 3 is 2.71 bits per heavy atom. The van der Waals surface area contributed by atoms with Crippen LogP contribution in [-0.4, -0.2) is 20.2 Å². The zero-order valence-corrected chi connectivity index (χ0v) is 11.9. The van der Waals surface area contributed by atoms with Crippen LogP contribution in [0.5, 0.6) is 0 Å². The molecule has 0 spiro atoms. The molecule has 0 atom stereocenters. The van der Waals surface area contributed by atoms with E-state index in [0.717, 1.165) is 27.4 Å². The zero-order chi connectivity index (χ0) is 15.0. The van der Waals surface area contributed by atoms with Crippen LogP contribution in [0.4, 0.5) is 0 Å². The normalized spacial score (nSPS) is 12.0. The molecule has 0 radical (unpaired) electrons. The highest BCUT2D eigenvalue weighted by Gasteiger charge is 2.12. The zero-order valence-electron chi connectivity index (χ0n) is 11.9. The summed E-state index contributed by atoms with van der Waals surface area (Å²) in [6.07, 6.45) is 3.85. The summed E-state index contributed by atoms with van der Waals surface area (Å²) in [4.78, 5) is 7.97. The van der Waals surface area contributed by atoms with Gasteiger partial charge < -0.3 is 4.98 Å². The van der Waals surface area contributed by atoms with Crippen molar-refractivity contribution in [1.82, 2.24) is 20.2 Å². The number of rotatable bonds is 3. The van der Waals surface area contributed by atoms with Crippen LogP contribution in [-0.2, 0) is 0 Å². The van der Waals surface area contributed by atoms with E-state index in [1.165, 1.54) is 0 Å². The molecule has 1 aromatic carbocycles. The summed E-state index contributed by atoms with van der Waals surface area (Å²) in [6, 6.07) is 6.02. The third-order valence-electron chi connectivity index (χ3n) is 3.53. The number of H-pyrrole nitrogens is 2. The topological polar surface area (TPSA) is 57.4 Å².